The number of aryl methyl sites for hydroxylation is 1. The number of halogens is 1. The van der Waals surface area contributed by atoms with Gasteiger partial charge in [-0.25, -0.2) is 0 Å². The standard InChI is InChI=1S/C14H21ClO3/c1-12-5-3-6-13(11-15)14(12)18-8-4-7-17-10-9-16-2/h3,5-6H,4,7-11H2,1-2H3. The van der Waals surface area contributed by atoms with Crippen molar-refractivity contribution in [2.45, 2.75) is 19.2 Å². The Morgan fingerprint density at radius 2 is 1.94 bits per heavy atom. The average Bonchev–Trinajstić information content (AvgIpc) is 2.39. The lowest BCUT2D eigenvalue weighted by Crippen LogP contribution is -2.07. The maximum Gasteiger partial charge on any atom is 0.126 e. The van der Waals surface area contributed by atoms with E-state index in [1.165, 1.54) is 0 Å². The first-order valence-electron chi connectivity index (χ1n) is 6.13. The van der Waals surface area contributed by atoms with Crippen molar-refractivity contribution < 1.29 is 14.2 Å². The zero-order valence-electron chi connectivity index (χ0n) is 11.1. The predicted molar refractivity (Wildman–Crippen MR) is 73.5 cm³/mol. The molecule has 1 aromatic rings. The molecule has 0 N–H and O–H groups in total. The maximum atomic E-state index is 5.88. The summed E-state index contributed by atoms with van der Waals surface area (Å²) in [4.78, 5) is 0. The van der Waals surface area contributed by atoms with Crippen LogP contribution >= 0.6 is 11.6 Å². The minimum Gasteiger partial charge on any atom is -0.493 e. The first-order valence-corrected chi connectivity index (χ1v) is 6.67. The number of para-hydroxylation sites is 1. The monoisotopic (exact) mass is 272 g/mol. The Labute approximate surface area is 114 Å². The van der Waals surface area contributed by atoms with Crippen molar-refractivity contribution >= 4 is 11.6 Å². The quantitative estimate of drug-likeness (QED) is 0.510. The summed E-state index contributed by atoms with van der Waals surface area (Å²) in [6.45, 7) is 4.62. The van der Waals surface area contributed by atoms with Crippen LogP contribution in [0.15, 0.2) is 18.2 Å². The number of alkyl halides is 1. The first kappa shape index (κ1) is 15.3. The Morgan fingerprint density at radius 3 is 2.67 bits per heavy atom. The van der Waals surface area contributed by atoms with Gasteiger partial charge < -0.3 is 14.2 Å². The third kappa shape index (κ3) is 5.25. The van der Waals surface area contributed by atoms with E-state index >= 15 is 0 Å². The van der Waals surface area contributed by atoms with Crippen LogP contribution in [0.1, 0.15) is 17.5 Å². The van der Waals surface area contributed by atoms with Gasteiger partial charge in [-0.05, 0) is 12.5 Å². The second-order valence-corrected chi connectivity index (χ2v) is 4.27. The van der Waals surface area contributed by atoms with Gasteiger partial charge in [0.25, 0.3) is 0 Å². The molecule has 18 heavy (non-hydrogen) atoms. The van der Waals surface area contributed by atoms with Crippen molar-refractivity contribution in [1.29, 1.82) is 0 Å². The fourth-order valence-electron chi connectivity index (χ4n) is 1.60. The molecule has 0 aliphatic carbocycles. The van der Waals surface area contributed by atoms with Gasteiger partial charge in [-0.15, -0.1) is 11.6 Å². The molecule has 102 valence electrons. The normalized spacial score (nSPS) is 10.6. The molecule has 1 rings (SSSR count). The molecular weight excluding hydrogens is 252 g/mol. The largest absolute Gasteiger partial charge is 0.493 e. The Balaban J connectivity index is 2.26. The Morgan fingerprint density at radius 1 is 1.11 bits per heavy atom. The molecule has 0 saturated heterocycles. The molecule has 3 nitrogen and oxygen atoms in total. The molecule has 0 bridgehead atoms. The molecule has 0 saturated carbocycles. The fourth-order valence-corrected chi connectivity index (χ4v) is 1.81. The number of ether oxygens (including phenoxy) is 3. The van der Waals surface area contributed by atoms with E-state index in [0.29, 0.717) is 32.3 Å². The smallest absolute Gasteiger partial charge is 0.126 e. The Hall–Kier alpha value is -0.770. The highest BCUT2D eigenvalue weighted by atomic mass is 35.5. The summed E-state index contributed by atoms with van der Waals surface area (Å²) < 4.78 is 16.0. The number of methoxy groups -OCH3 is 1. The zero-order valence-corrected chi connectivity index (χ0v) is 11.8. The molecule has 0 unspecified atom stereocenters. The van der Waals surface area contributed by atoms with Crippen LogP contribution in [-0.4, -0.2) is 33.5 Å². The summed E-state index contributed by atoms with van der Waals surface area (Å²) in [5, 5.41) is 0. The first-order chi connectivity index (χ1) is 8.79. The summed E-state index contributed by atoms with van der Waals surface area (Å²) >= 11 is 5.88. The van der Waals surface area contributed by atoms with Gasteiger partial charge >= 0.3 is 0 Å². The van der Waals surface area contributed by atoms with Crippen LogP contribution in [0.25, 0.3) is 0 Å². The van der Waals surface area contributed by atoms with E-state index in [0.717, 1.165) is 23.3 Å². The number of benzene rings is 1. The number of hydrogen-bond donors (Lipinski definition) is 0. The van der Waals surface area contributed by atoms with Crippen LogP contribution in [0, 0.1) is 6.92 Å². The SMILES string of the molecule is COCCOCCCOc1c(C)cccc1CCl. The summed E-state index contributed by atoms with van der Waals surface area (Å²) in [7, 11) is 1.67. The summed E-state index contributed by atoms with van der Waals surface area (Å²) in [5.41, 5.74) is 2.16. The summed E-state index contributed by atoms with van der Waals surface area (Å²) in [6, 6.07) is 6.01. The van der Waals surface area contributed by atoms with Crippen molar-refractivity contribution in [3.05, 3.63) is 29.3 Å². The Kier molecular flexibility index (Phi) is 7.81. The third-order valence-corrected chi connectivity index (χ3v) is 2.84. The van der Waals surface area contributed by atoms with Gasteiger partial charge in [0.1, 0.15) is 5.75 Å². The lowest BCUT2D eigenvalue weighted by atomic mass is 10.1. The molecule has 0 fully saturated rings. The zero-order chi connectivity index (χ0) is 13.2. The summed E-state index contributed by atoms with van der Waals surface area (Å²) in [5.74, 6) is 1.38. The molecule has 0 atom stereocenters. The minimum atomic E-state index is 0.474. The van der Waals surface area contributed by atoms with Crippen molar-refractivity contribution in [3.63, 3.8) is 0 Å². The summed E-state index contributed by atoms with van der Waals surface area (Å²) in [6.07, 6.45) is 0.861. The molecule has 0 radical (unpaired) electrons. The van der Waals surface area contributed by atoms with Crippen molar-refractivity contribution in [1.82, 2.24) is 0 Å². The van der Waals surface area contributed by atoms with E-state index in [-0.39, 0.29) is 0 Å². The number of rotatable bonds is 9. The van der Waals surface area contributed by atoms with Crippen LogP contribution in [-0.2, 0) is 15.4 Å². The van der Waals surface area contributed by atoms with E-state index in [1.54, 1.807) is 7.11 Å². The lowest BCUT2D eigenvalue weighted by Gasteiger charge is -2.12. The van der Waals surface area contributed by atoms with E-state index in [2.05, 4.69) is 0 Å². The highest BCUT2D eigenvalue weighted by Crippen LogP contribution is 2.24. The van der Waals surface area contributed by atoms with Crippen molar-refractivity contribution in [2.75, 3.05) is 33.5 Å². The van der Waals surface area contributed by atoms with Gasteiger partial charge in [0.2, 0.25) is 0 Å². The second kappa shape index (κ2) is 9.20. The minimum absolute atomic E-state index is 0.474. The lowest BCUT2D eigenvalue weighted by molar-refractivity contribution is 0.0643. The van der Waals surface area contributed by atoms with Crippen LogP contribution in [0.2, 0.25) is 0 Å². The van der Waals surface area contributed by atoms with Crippen LogP contribution in [0.4, 0.5) is 0 Å². The van der Waals surface area contributed by atoms with Crippen LogP contribution in [0.5, 0.6) is 5.75 Å². The van der Waals surface area contributed by atoms with E-state index in [1.807, 2.05) is 25.1 Å². The highest BCUT2D eigenvalue weighted by molar-refractivity contribution is 6.17. The molecule has 0 aromatic heterocycles. The highest BCUT2D eigenvalue weighted by Gasteiger charge is 2.05. The van der Waals surface area contributed by atoms with Crippen LogP contribution in [0.3, 0.4) is 0 Å². The molecule has 4 heteroatoms. The van der Waals surface area contributed by atoms with Crippen molar-refractivity contribution in [3.8, 4) is 5.75 Å². The molecule has 0 aliphatic heterocycles. The molecule has 0 spiro atoms. The Bertz CT molecular complexity index is 342. The van der Waals surface area contributed by atoms with Gasteiger partial charge in [-0.1, -0.05) is 18.2 Å². The molecule has 1 aromatic carbocycles. The molecule has 0 aliphatic rings. The van der Waals surface area contributed by atoms with E-state index < -0.39 is 0 Å². The maximum absolute atomic E-state index is 5.88. The average molecular weight is 273 g/mol. The van der Waals surface area contributed by atoms with Crippen molar-refractivity contribution in [2.24, 2.45) is 0 Å². The fraction of sp³-hybridized carbons (Fsp3) is 0.571. The molecule has 0 amide bonds. The van der Waals surface area contributed by atoms with Gasteiger partial charge in [-0.2, -0.15) is 0 Å². The second-order valence-electron chi connectivity index (χ2n) is 4.00. The van der Waals surface area contributed by atoms with Crippen LogP contribution < -0.4 is 4.74 Å². The van der Waals surface area contributed by atoms with Gasteiger partial charge in [0.15, 0.2) is 0 Å². The number of hydrogen-bond acceptors (Lipinski definition) is 3. The topological polar surface area (TPSA) is 27.7 Å². The van der Waals surface area contributed by atoms with E-state index in [4.69, 9.17) is 25.8 Å². The van der Waals surface area contributed by atoms with E-state index in [9.17, 15) is 0 Å². The molecular formula is C14H21ClO3. The van der Waals surface area contributed by atoms with Gasteiger partial charge in [0, 0.05) is 25.7 Å². The third-order valence-electron chi connectivity index (χ3n) is 2.55. The van der Waals surface area contributed by atoms with Gasteiger partial charge in [-0.3, -0.25) is 0 Å². The molecule has 0 heterocycles. The van der Waals surface area contributed by atoms with Gasteiger partial charge in [0.05, 0.1) is 25.7 Å². The predicted octanol–water partition coefficient (Wildman–Crippen LogP) is 3.17.